The summed E-state index contributed by atoms with van der Waals surface area (Å²) < 4.78 is 0. The van der Waals surface area contributed by atoms with Crippen LogP contribution in [0.2, 0.25) is 0 Å². The molecule has 0 spiro atoms. The first-order valence-electron chi connectivity index (χ1n) is 10.5. The second-order valence-corrected chi connectivity index (χ2v) is 8.80. The molecule has 2 N–H and O–H groups in total. The molecule has 4 rings (SSSR count). The van der Waals surface area contributed by atoms with Gasteiger partial charge in [-0.3, -0.25) is 9.59 Å². The van der Waals surface area contributed by atoms with Crippen molar-refractivity contribution in [3.8, 4) is 0 Å². The fourth-order valence-corrected chi connectivity index (χ4v) is 4.56. The van der Waals surface area contributed by atoms with E-state index in [4.69, 9.17) is 0 Å². The van der Waals surface area contributed by atoms with Gasteiger partial charge in [0.15, 0.2) is 0 Å². The molecule has 30 heavy (non-hydrogen) atoms. The van der Waals surface area contributed by atoms with Crippen LogP contribution in [-0.2, 0) is 9.59 Å². The maximum atomic E-state index is 12.4. The molecule has 5 heteroatoms. The van der Waals surface area contributed by atoms with E-state index in [9.17, 15) is 9.59 Å². The van der Waals surface area contributed by atoms with E-state index in [0.29, 0.717) is 5.75 Å². The molecule has 0 unspecified atom stereocenters. The SMILES string of the molecule is O=C(CSc1ccc(NC(=O)C2CCCCC2)cc1)Nc1ccc2ccccc2c1. The van der Waals surface area contributed by atoms with Gasteiger partial charge in [0, 0.05) is 22.2 Å². The van der Waals surface area contributed by atoms with Gasteiger partial charge in [0.2, 0.25) is 11.8 Å². The van der Waals surface area contributed by atoms with Crippen molar-refractivity contribution in [2.24, 2.45) is 5.92 Å². The number of nitrogens with one attached hydrogen (secondary N) is 2. The van der Waals surface area contributed by atoms with E-state index in [2.05, 4.69) is 16.7 Å². The summed E-state index contributed by atoms with van der Waals surface area (Å²) in [6.45, 7) is 0. The van der Waals surface area contributed by atoms with E-state index < -0.39 is 0 Å². The van der Waals surface area contributed by atoms with Crippen molar-refractivity contribution < 1.29 is 9.59 Å². The van der Waals surface area contributed by atoms with E-state index in [1.165, 1.54) is 18.2 Å². The molecule has 0 aromatic heterocycles. The van der Waals surface area contributed by atoms with E-state index in [0.717, 1.165) is 52.7 Å². The Hall–Kier alpha value is -2.79. The number of benzene rings is 3. The number of carbonyl (C=O) groups is 2. The Morgan fingerprint density at radius 3 is 2.27 bits per heavy atom. The third kappa shape index (κ3) is 5.42. The van der Waals surface area contributed by atoms with E-state index in [1.54, 1.807) is 0 Å². The average Bonchev–Trinajstić information content (AvgIpc) is 2.79. The van der Waals surface area contributed by atoms with E-state index in [1.807, 2.05) is 60.7 Å². The van der Waals surface area contributed by atoms with Crippen LogP contribution in [0.1, 0.15) is 32.1 Å². The second-order valence-electron chi connectivity index (χ2n) is 7.75. The summed E-state index contributed by atoms with van der Waals surface area (Å²) in [6.07, 6.45) is 5.52. The monoisotopic (exact) mass is 418 g/mol. The number of hydrogen-bond acceptors (Lipinski definition) is 3. The van der Waals surface area contributed by atoms with Crippen molar-refractivity contribution in [2.75, 3.05) is 16.4 Å². The molecular weight excluding hydrogens is 392 g/mol. The number of carbonyl (C=O) groups excluding carboxylic acids is 2. The molecule has 0 atom stereocenters. The van der Waals surface area contributed by atoms with Gasteiger partial charge in [-0.15, -0.1) is 11.8 Å². The number of rotatable bonds is 6. The summed E-state index contributed by atoms with van der Waals surface area (Å²) in [4.78, 5) is 25.7. The highest BCUT2D eigenvalue weighted by Gasteiger charge is 2.20. The van der Waals surface area contributed by atoms with Crippen molar-refractivity contribution in [3.63, 3.8) is 0 Å². The summed E-state index contributed by atoms with van der Waals surface area (Å²) in [5, 5.41) is 8.24. The van der Waals surface area contributed by atoms with Crippen LogP contribution in [0.5, 0.6) is 0 Å². The Labute approximate surface area is 181 Å². The predicted molar refractivity (Wildman–Crippen MR) is 125 cm³/mol. The van der Waals surface area contributed by atoms with Crippen molar-refractivity contribution in [1.29, 1.82) is 0 Å². The van der Waals surface area contributed by atoms with Gasteiger partial charge in [-0.25, -0.2) is 0 Å². The Kier molecular flexibility index (Phi) is 6.70. The lowest BCUT2D eigenvalue weighted by Gasteiger charge is -2.20. The van der Waals surface area contributed by atoms with Crippen molar-refractivity contribution in [3.05, 3.63) is 66.7 Å². The third-order valence-electron chi connectivity index (χ3n) is 5.50. The van der Waals surface area contributed by atoms with Gasteiger partial charge in [0.1, 0.15) is 0 Å². The molecule has 1 saturated carbocycles. The van der Waals surface area contributed by atoms with Gasteiger partial charge in [0.25, 0.3) is 0 Å². The van der Waals surface area contributed by atoms with Gasteiger partial charge in [-0.1, -0.05) is 49.6 Å². The number of thioether (sulfide) groups is 1. The van der Waals surface area contributed by atoms with Gasteiger partial charge in [-0.2, -0.15) is 0 Å². The molecule has 0 heterocycles. The number of amides is 2. The topological polar surface area (TPSA) is 58.2 Å². The molecule has 0 saturated heterocycles. The molecule has 4 nitrogen and oxygen atoms in total. The lowest BCUT2D eigenvalue weighted by atomic mass is 9.88. The zero-order valence-electron chi connectivity index (χ0n) is 16.9. The fraction of sp³-hybridized carbons (Fsp3) is 0.280. The molecule has 1 aliphatic carbocycles. The Balaban J connectivity index is 1.26. The highest BCUT2D eigenvalue weighted by atomic mass is 32.2. The minimum Gasteiger partial charge on any atom is -0.326 e. The first-order chi connectivity index (χ1) is 14.7. The van der Waals surface area contributed by atoms with Crippen LogP contribution in [-0.4, -0.2) is 17.6 Å². The standard InChI is InChI=1S/C25H26N2O2S/c28-24(26-22-11-10-18-6-4-5-9-20(18)16-22)17-30-23-14-12-21(13-15-23)27-25(29)19-7-2-1-3-8-19/h4-6,9-16,19H,1-3,7-8,17H2,(H,26,28)(H,27,29). The minimum absolute atomic E-state index is 0.0371. The Morgan fingerprint density at radius 2 is 1.50 bits per heavy atom. The molecule has 3 aromatic carbocycles. The van der Waals surface area contributed by atoms with Crippen LogP contribution in [0.25, 0.3) is 10.8 Å². The highest BCUT2D eigenvalue weighted by molar-refractivity contribution is 8.00. The zero-order valence-corrected chi connectivity index (χ0v) is 17.7. The summed E-state index contributed by atoms with van der Waals surface area (Å²) >= 11 is 1.48. The highest BCUT2D eigenvalue weighted by Crippen LogP contribution is 2.26. The quantitative estimate of drug-likeness (QED) is 0.476. The van der Waals surface area contributed by atoms with Crippen molar-refractivity contribution in [2.45, 2.75) is 37.0 Å². The smallest absolute Gasteiger partial charge is 0.234 e. The van der Waals surface area contributed by atoms with Crippen LogP contribution in [0.3, 0.4) is 0 Å². The first-order valence-corrected chi connectivity index (χ1v) is 11.5. The summed E-state index contributed by atoms with van der Waals surface area (Å²) in [7, 11) is 0. The number of fused-ring (bicyclic) bond motifs is 1. The normalized spacial score (nSPS) is 14.4. The molecule has 1 aliphatic rings. The maximum absolute atomic E-state index is 12.4. The van der Waals surface area contributed by atoms with Crippen LogP contribution >= 0.6 is 11.8 Å². The molecule has 0 bridgehead atoms. The molecule has 3 aromatic rings. The van der Waals surface area contributed by atoms with Gasteiger partial charge < -0.3 is 10.6 Å². The van der Waals surface area contributed by atoms with Crippen molar-refractivity contribution in [1.82, 2.24) is 0 Å². The Bertz CT molecular complexity index is 1030. The predicted octanol–water partition coefficient (Wildman–Crippen LogP) is 6.09. The fourth-order valence-electron chi connectivity index (χ4n) is 3.86. The molecule has 154 valence electrons. The summed E-state index contributed by atoms with van der Waals surface area (Å²) in [5.74, 6) is 0.571. The maximum Gasteiger partial charge on any atom is 0.234 e. The molecule has 0 radical (unpaired) electrons. The molecule has 1 fully saturated rings. The lowest BCUT2D eigenvalue weighted by molar-refractivity contribution is -0.120. The molecule has 0 aliphatic heterocycles. The molecule has 2 amide bonds. The van der Waals surface area contributed by atoms with E-state index in [-0.39, 0.29) is 17.7 Å². The minimum atomic E-state index is -0.0371. The average molecular weight is 419 g/mol. The van der Waals surface area contributed by atoms with Crippen molar-refractivity contribution >= 4 is 45.7 Å². The number of anilines is 2. The van der Waals surface area contributed by atoms with Crippen LogP contribution in [0.4, 0.5) is 11.4 Å². The third-order valence-corrected chi connectivity index (χ3v) is 6.51. The summed E-state index contributed by atoms with van der Waals surface area (Å²) in [5.41, 5.74) is 1.62. The van der Waals surface area contributed by atoms with Gasteiger partial charge in [-0.05, 0) is 60.0 Å². The largest absolute Gasteiger partial charge is 0.326 e. The van der Waals surface area contributed by atoms with Crippen LogP contribution < -0.4 is 10.6 Å². The van der Waals surface area contributed by atoms with Crippen LogP contribution in [0.15, 0.2) is 71.6 Å². The first kappa shape index (κ1) is 20.5. The summed E-state index contributed by atoms with van der Waals surface area (Å²) in [6, 6.07) is 21.7. The molecular formula is C25H26N2O2S. The van der Waals surface area contributed by atoms with Gasteiger partial charge in [0.05, 0.1) is 5.75 Å². The zero-order chi connectivity index (χ0) is 20.8. The number of hydrogen-bond donors (Lipinski definition) is 2. The second kappa shape index (κ2) is 9.81. The Morgan fingerprint density at radius 1 is 0.800 bits per heavy atom. The lowest BCUT2D eigenvalue weighted by Crippen LogP contribution is -2.24. The van der Waals surface area contributed by atoms with Gasteiger partial charge >= 0.3 is 0 Å². The van der Waals surface area contributed by atoms with E-state index >= 15 is 0 Å². The van der Waals surface area contributed by atoms with Crippen LogP contribution in [0, 0.1) is 5.92 Å².